The molecule has 0 saturated carbocycles. The van der Waals surface area contributed by atoms with Gasteiger partial charge in [0, 0.05) is 7.05 Å². The van der Waals surface area contributed by atoms with Crippen molar-refractivity contribution < 1.29 is 9.59 Å². The Bertz CT molecular complexity index is 163. The summed E-state index contributed by atoms with van der Waals surface area (Å²) in [6.45, 7) is 0. The van der Waals surface area contributed by atoms with Crippen LogP contribution in [0, 0.1) is 5.41 Å². The van der Waals surface area contributed by atoms with Crippen molar-refractivity contribution in [2.24, 2.45) is 5.73 Å². The Morgan fingerprint density at radius 1 is 1.56 bits per heavy atom. The molecule has 0 bridgehead atoms. The van der Waals surface area contributed by atoms with E-state index in [1.54, 1.807) is 0 Å². The molecule has 9 heavy (non-hydrogen) atoms. The lowest BCUT2D eigenvalue weighted by molar-refractivity contribution is -0.117. The first-order valence-electron chi connectivity index (χ1n) is 2.20. The number of carbonyl (C=O) groups excluding carboxylic acids is 2. The molecule has 0 fully saturated rings. The molecule has 0 aliphatic carbocycles. The zero-order valence-electron chi connectivity index (χ0n) is 4.89. The highest BCUT2D eigenvalue weighted by Crippen LogP contribution is 1.68. The first kappa shape index (κ1) is 7.61. The van der Waals surface area contributed by atoms with Crippen molar-refractivity contribution in [2.45, 2.75) is 0 Å². The predicted octanol–water partition coefficient (Wildman–Crippen LogP) is -1.76. The lowest BCUT2D eigenvalue weighted by atomic mass is 10.3. The second kappa shape index (κ2) is 2.81. The molecule has 0 saturated heterocycles. The maximum Gasteiger partial charge on any atom is 0.274 e. The highest BCUT2D eigenvalue weighted by Gasteiger charge is 2.11. The average Bonchev–Trinajstić information content (AvgIpc) is 1.84. The third-order valence-electron chi connectivity index (χ3n) is 0.701. The van der Waals surface area contributed by atoms with Gasteiger partial charge >= 0.3 is 0 Å². The monoisotopic (exact) mass is 129 g/mol. The van der Waals surface area contributed by atoms with Gasteiger partial charge in [0.15, 0.2) is 5.71 Å². The topological polar surface area (TPSA) is 96.0 Å². The molecule has 2 amide bonds. The fourth-order valence-corrected chi connectivity index (χ4v) is 0.237. The number of hydrogen-bond donors (Lipinski definition) is 3. The molecule has 5 nitrogen and oxygen atoms in total. The highest BCUT2D eigenvalue weighted by atomic mass is 16.2. The molecular formula is C4H7N3O2. The lowest BCUT2D eigenvalue weighted by Gasteiger charge is -1.93. The highest BCUT2D eigenvalue weighted by molar-refractivity contribution is 6.63. The van der Waals surface area contributed by atoms with Gasteiger partial charge in [-0.3, -0.25) is 15.0 Å². The van der Waals surface area contributed by atoms with Crippen LogP contribution in [0.3, 0.4) is 0 Å². The summed E-state index contributed by atoms with van der Waals surface area (Å²) in [5.41, 5.74) is 3.86. The number of carbonyl (C=O) groups is 2. The second-order valence-electron chi connectivity index (χ2n) is 1.32. The number of hydrogen-bond acceptors (Lipinski definition) is 3. The summed E-state index contributed by atoms with van der Waals surface area (Å²) in [4.78, 5) is 20.4. The van der Waals surface area contributed by atoms with Crippen LogP contribution in [0.25, 0.3) is 0 Å². The van der Waals surface area contributed by atoms with Crippen LogP contribution >= 0.6 is 0 Å². The fraction of sp³-hybridized carbons (Fsp3) is 0.250. The van der Waals surface area contributed by atoms with Crippen LogP contribution in [-0.2, 0) is 9.59 Å². The Morgan fingerprint density at radius 2 is 2.00 bits per heavy atom. The number of primary amides is 1. The molecule has 50 valence electrons. The van der Waals surface area contributed by atoms with E-state index >= 15 is 0 Å². The molecule has 0 heterocycles. The van der Waals surface area contributed by atoms with Crippen LogP contribution in [0.15, 0.2) is 0 Å². The Labute approximate surface area is 51.7 Å². The van der Waals surface area contributed by atoms with Crippen LogP contribution in [0.1, 0.15) is 0 Å². The Morgan fingerprint density at radius 3 is 2.11 bits per heavy atom. The number of nitrogens with two attached hydrogens (primary N) is 1. The zero-order chi connectivity index (χ0) is 7.44. The maximum absolute atomic E-state index is 10.3. The van der Waals surface area contributed by atoms with Gasteiger partial charge in [0.1, 0.15) is 0 Å². The minimum Gasteiger partial charge on any atom is -0.364 e. The van der Waals surface area contributed by atoms with E-state index in [1.165, 1.54) is 7.05 Å². The molecule has 0 aliphatic rings. The Kier molecular flexibility index (Phi) is 2.37. The molecule has 0 rings (SSSR count). The van der Waals surface area contributed by atoms with E-state index in [0.717, 1.165) is 0 Å². The summed E-state index contributed by atoms with van der Waals surface area (Å²) in [5.74, 6) is -1.78. The van der Waals surface area contributed by atoms with Crippen molar-refractivity contribution >= 4 is 17.5 Å². The van der Waals surface area contributed by atoms with Crippen molar-refractivity contribution in [3.05, 3.63) is 0 Å². The minimum atomic E-state index is -1.02. The Hall–Kier alpha value is -1.39. The summed E-state index contributed by atoms with van der Waals surface area (Å²) in [5, 5.41) is 8.74. The average molecular weight is 129 g/mol. The summed E-state index contributed by atoms with van der Waals surface area (Å²) in [7, 11) is 1.32. The Balaban J connectivity index is 4.05. The van der Waals surface area contributed by atoms with Gasteiger partial charge in [-0.05, 0) is 0 Å². The van der Waals surface area contributed by atoms with Gasteiger partial charge in [0.05, 0.1) is 0 Å². The van der Waals surface area contributed by atoms with E-state index < -0.39 is 17.5 Å². The van der Waals surface area contributed by atoms with Gasteiger partial charge in [-0.25, -0.2) is 0 Å². The lowest BCUT2D eigenvalue weighted by Crippen LogP contribution is -2.36. The van der Waals surface area contributed by atoms with Crippen molar-refractivity contribution in [2.75, 3.05) is 7.05 Å². The SMILES string of the molecule is CNC(=O)C(=N)C(N)=O. The number of amides is 2. The standard InChI is InChI=1S/C4H7N3O2/c1-7-4(9)2(5)3(6)8/h5H,1H3,(H2,6,8)(H,7,9). The van der Waals surface area contributed by atoms with Crippen molar-refractivity contribution in [3.63, 3.8) is 0 Å². The smallest absolute Gasteiger partial charge is 0.274 e. The van der Waals surface area contributed by atoms with Crippen LogP contribution in [-0.4, -0.2) is 24.6 Å². The molecule has 0 aromatic rings. The summed E-state index contributed by atoms with van der Waals surface area (Å²) < 4.78 is 0. The van der Waals surface area contributed by atoms with Crippen molar-refractivity contribution in [1.29, 1.82) is 5.41 Å². The first-order chi connectivity index (χ1) is 4.09. The molecule has 0 aromatic carbocycles. The van der Waals surface area contributed by atoms with Gasteiger partial charge in [-0.1, -0.05) is 0 Å². The number of rotatable bonds is 2. The maximum atomic E-state index is 10.3. The van der Waals surface area contributed by atoms with E-state index in [4.69, 9.17) is 5.41 Å². The molecule has 5 heteroatoms. The van der Waals surface area contributed by atoms with Crippen LogP contribution < -0.4 is 11.1 Å². The predicted molar refractivity (Wildman–Crippen MR) is 31.0 cm³/mol. The van der Waals surface area contributed by atoms with Gasteiger partial charge in [-0.15, -0.1) is 0 Å². The van der Waals surface area contributed by atoms with Gasteiger partial charge in [-0.2, -0.15) is 0 Å². The van der Waals surface area contributed by atoms with E-state index in [2.05, 4.69) is 11.1 Å². The van der Waals surface area contributed by atoms with E-state index in [1.807, 2.05) is 0 Å². The molecule has 0 aromatic heterocycles. The molecule has 0 atom stereocenters. The van der Waals surface area contributed by atoms with Crippen molar-refractivity contribution in [3.8, 4) is 0 Å². The molecule has 0 unspecified atom stereocenters. The zero-order valence-corrected chi connectivity index (χ0v) is 4.89. The molecule has 0 radical (unpaired) electrons. The molecule has 0 spiro atoms. The van der Waals surface area contributed by atoms with E-state index in [9.17, 15) is 9.59 Å². The number of nitrogens with one attached hydrogen (secondary N) is 2. The van der Waals surface area contributed by atoms with Crippen LogP contribution in [0.5, 0.6) is 0 Å². The van der Waals surface area contributed by atoms with Gasteiger partial charge in [0.2, 0.25) is 0 Å². The van der Waals surface area contributed by atoms with Crippen LogP contribution in [0.4, 0.5) is 0 Å². The minimum absolute atomic E-state index is 0.725. The summed E-state index contributed by atoms with van der Waals surface area (Å²) >= 11 is 0. The fourth-order valence-electron chi connectivity index (χ4n) is 0.237. The molecule has 0 aliphatic heterocycles. The van der Waals surface area contributed by atoms with Crippen molar-refractivity contribution in [1.82, 2.24) is 5.32 Å². The largest absolute Gasteiger partial charge is 0.364 e. The summed E-state index contributed by atoms with van der Waals surface area (Å²) in [6, 6.07) is 0. The normalized spacial score (nSPS) is 8.11. The van der Waals surface area contributed by atoms with Gasteiger partial charge in [0.25, 0.3) is 11.8 Å². The first-order valence-corrected chi connectivity index (χ1v) is 2.20. The van der Waals surface area contributed by atoms with E-state index in [-0.39, 0.29) is 0 Å². The second-order valence-corrected chi connectivity index (χ2v) is 1.32. The molecule has 4 N–H and O–H groups in total. The van der Waals surface area contributed by atoms with Crippen LogP contribution in [0.2, 0.25) is 0 Å². The van der Waals surface area contributed by atoms with E-state index in [0.29, 0.717) is 0 Å². The third-order valence-corrected chi connectivity index (χ3v) is 0.701. The van der Waals surface area contributed by atoms with Gasteiger partial charge < -0.3 is 11.1 Å². The molecular weight excluding hydrogens is 122 g/mol. The quantitative estimate of drug-likeness (QED) is 0.304. The third kappa shape index (κ3) is 1.89. The summed E-state index contributed by atoms with van der Waals surface area (Å²) in [6.07, 6.45) is 0.